The van der Waals surface area contributed by atoms with E-state index in [-0.39, 0.29) is 4.90 Å². The molecule has 0 heterocycles. The molecule has 0 fully saturated rings. The van der Waals surface area contributed by atoms with E-state index in [0.29, 0.717) is 5.56 Å². The van der Waals surface area contributed by atoms with Gasteiger partial charge in [0, 0.05) is 5.69 Å². The summed E-state index contributed by atoms with van der Waals surface area (Å²) in [7, 11) is -3.56. The number of carbonyl (C=O) groups is 1. The number of anilines is 1. The van der Waals surface area contributed by atoms with Crippen molar-refractivity contribution in [2.45, 2.75) is 62.9 Å². The Morgan fingerprint density at radius 2 is 1.77 bits per heavy atom. The third-order valence-electron chi connectivity index (χ3n) is 5.96. The van der Waals surface area contributed by atoms with Crippen LogP contribution in [0.1, 0.15) is 54.5 Å². The van der Waals surface area contributed by atoms with Crippen molar-refractivity contribution < 1.29 is 14.1 Å². The van der Waals surface area contributed by atoms with Crippen LogP contribution in [0.2, 0.25) is 0 Å². The topological polar surface area (TPSA) is 115 Å². The van der Waals surface area contributed by atoms with Gasteiger partial charge in [-0.2, -0.15) is 5.26 Å². The van der Waals surface area contributed by atoms with Gasteiger partial charge in [0.1, 0.15) is 0 Å². The number of urea groups is 1. The Balaban J connectivity index is 1.73. The predicted octanol–water partition coefficient (Wildman–Crippen LogP) is 3.94. The van der Waals surface area contributed by atoms with E-state index < -0.39 is 21.5 Å². The van der Waals surface area contributed by atoms with Crippen LogP contribution in [-0.4, -0.2) is 15.3 Å². The third-order valence-corrected chi connectivity index (χ3v) is 7.64. The van der Waals surface area contributed by atoms with Gasteiger partial charge in [-0.1, -0.05) is 18.2 Å². The van der Waals surface area contributed by atoms with Crippen LogP contribution in [0.15, 0.2) is 39.6 Å². The SMILES string of the molecule is CC(C)(O)c1cccc([S@@](=O)(=NC(=O)Nc2c3c(cc4c2CCC4)CCC3)NC#N)c1. The van der Waals surface area contributed by atoms with Gasteiger partial charge in [0.05, 0.1) is 10.5 Å². The largest absolute Gasteiger partial charge is 0.386 e. The molecule has 2 aromatic carbocycles. The second-order valence-corrected chi connectivity index (χ2v) is 10.5. The Bertz CT molecular complexity index is 1180. The van der Waals surface area contributed by atoms with Crippen LogP contribution in [0.5, 0.6) is 0 Å². The molecule has 0 unspecified atom stereocenters. The Labute approximate surface area is 182 Å². The molecule has 0 aromatic heterocycles. The van der Waals surface area contributed by atoms with E-state index in [2.05, 4.69) is 20.5 Å². The summed E-state index contributed by atoms with van der Waals surface area (Å²) in [5.41, 5.74) is 4.97. The van der Waals surface area contributed by atoms with Gasteiger partial charge in [0.15, 0.2) is 16.1 Å². The minimum Gasteiger partial charge on any atom is -0.386 e. The zero-order chi connectivity index (χ0) is 22.2. The second kappa shape index (κ2) is 7.98. The Kier molecular flexibility index (Phi) is 5.50. The summed E-state index contributed by atoms with van der Waals surface area (Å²) in [6.07, 6.45) is 7.56. The zero-order valence-corrected chi connectivity index (χ0v) is 18.5. The number of rotatable bonds is 4. The van der Waals surface area contributed by atoms with Crippen molar-refractivity contribution in [2.24, 2.45) is 4.36 Å². The molecule has 0 bridgehead atoms. The molecule has 0 saturated carbocycles. The van der Waals surface area contributed by atoms with E-state index >= 15 is 0 Å². The molecule has 0 radical (unpaired) electrons. The first kappa shape index (κ1) is 21.3. The molecule has 2 amide bonds. The average Bonchev–Trinajstić information content (AvgIpc) is 3.36. The minimum absolute atomic E-state index is 0.160. The number of fused-ring (bicyclic) bond motifs is 2. The summed E-state index contributed by atoms with van der Waals surface area (Å²) >= 11 is 0. The van der Waals surface area contributed by atoms with Crippen LogP contribution in [0.4, 0.5) is 10.5 Å². The highest BCUT2D eigenvalue weighted by molar-refractivity contribution is 7.92. The zero-order valence-electron chi connectivity index (χ0n) is 17.7. The van der Waals surface area contributed by atoms with Crippen LogP contribution in [0.25, 0.3) is 0 Å². The molecule has 1 atom stereocenters. The molecule has 2 aliphatic rings. The van der Waals surface area contributed by atoms with Crippen molar-refractivity contribution >= 4 is 21.6 Å². The van der Waals surface area contributed by atoms with E-state index in [1.165, 1.54) is 23.3 Å². The quantitative estimate of drug-likeness (QED) is 0.495. The number of hydrogen-bond donors (Lipinski definition) is 3. The number of nitrogens with zero attached hydrogens (tertiary/aromatic N) is 2. The molecule has 2 aliphatic carbocycles. The molecule has 162 valence electrons. The summed E-state index contributed by atoms with van der Waals surface area (Å²) in [6.45, 7) is 3.21. The van der Waals surface area contributed by atoms with Crippen molar-refractivity contribution in [3.8, 4) is 6.19 Å². The highest BCUT2D eigenvalue weighted by Gasteiger charge is 2.26. The Morgan fingerprint density at radius 3 is 2.35 bits per heavy atom. The molecular weight excluding hydrogens is 412 g/mol. The van der Waals surface area contributed by atoms with E-state index in [4.69, 9.17) is 5.26 Å². The molecule has 4 rings (SSSR count). The number of aliphatic hydroxyl groups is 1. The van der Waals surface area contributed by atoms with Gasteiger partial charge in [0.25, 0.3) is 0 Å². The standard InChI is InChI=1S/C23H26N4O3S/c1-23(2,29)17-8-5-9-18(13-17)31(30,25-14-24)27-22(28)26-21-19-10-3-6-15(19)12-16-7-4-11-20(16)21/h5,8-9,12-13,29H,3-4,6-7,10-11H2,1-2H3,(H2,25,26,27,28,30)/t31-/m0/s1. The summed E-state index contributed by atoms with van der Waals surface area (Å²) in [5.74, 6) is 0. The van der Waals surface area contributed by atoms with Gasteiger partial charge >= 0.3 is 6.03 Å². The van der Waals surface area contributed by atoms with Crippen LogP contribution in [0, 0.1) is 11.5 Å². The maximum atomic E-state index is 13.5. The molecule has 0 saturated heterocycles. The fourth-order valence-corrected chi connectivity index (χ4v) is 5.68. The van der Waals surface area contributed by atoms with Gasteiger partial charge in [-0.05, 0) is 92.3 Å². The third kappa shape index (κ3) is 4.16. The van der Waals surface area contributed by atoms with Crippen LogP contribution in [0.3, 0.4) is 0 Å². The highest BCUT2D eigenvalue weighted by Crippen LogP contribution is 2.38. The molecule has 31 heavy (non-hydrogen) atoms. The van der Waals surface area contributed by atoms with E-state index in [0.717, 1.165) is 55.3 Å². The fraction of sp³-hybridized carbons (Fsp3) is 0.391. The summed E-state index contributed by atoms with van der Waals surface area (Å²) < 4.78 is 19.6. The number of hydrogen-bond acceptors (Lipinski definition) is 4. The lowest BCUT2D eigenvalue weighted by molar-refractivity contribution is 0.0784. The normalized spacial score (nSPS) is 16.6. The number of amides is 2. The number of carbonyl (C=O) groups excluding carboxylic acids is 1. The van der Waals surface area contributed by atoms with Crippen molar-refractivity contribution in [1.29, 1.82) is 5.26 Å². The monoisotopic (exact) mass is 438 g/mol. The first-order chi connectivity index (χ1) is 14.7. The lowest BCUT2D eigenvalue weighted by atomic mass is 9.99. The van der Waals surface area contributed by atoms with E-state index in [1.807, 2.05) is 0 Å². The molecule has 2 aromatic rings. The summed E-state index contributed by atoms with van der Waals surface area (Å²) in [4.78, 5) is 13.1. The number of nitriles is 1. The maximum absolute atomic E-state index is 13.5. The van der Waals surface area contributed by atoms with Gasteiger partial charge in [-0.15, -0.1) is 4.36 Å². The van der Waals surface area contributed by atoms with Gasteiger partial charge in [0.2, 0.25) is 0 Å². The summed E-state index contributed by atoms with van der Waals surface area (Å²) in [6, 6.07) is 7.84. The second-order valence-electron chi connectivity index (χ2n) is 8.58. The Morgan fingerprint density at radius 1 is 1.13 bits per heavy atom. The average molecular weight is 439 g/mol. The van der Waals surface area contributed by atoms with Crippen molar-refractivity contribution in [3.63, 3.8) is 0 Å². The summed E-state index contributed by atoms with van der Waals surface area (Å²) in [5, 5.41) is 22.3. The molecule has 7 nitrogen and oxygen atoms in total. The predicted molar refractivity (Wildman–Crippen MR) is 119 cm³/mol. The Hall–Kier alpha value is -2.89. The number of aryl methyl sites for hydroxylation is 2. The van der Waals surface area contributed by atoms with E-state index in [1.54, 1.807) is 32.2 Å². The first-order valence-corrected chi connectivity index (χ1v) is 12.0. The highest BCUT2D eigenvalue weighted by atomic mass is 32.2. The number of nitrogens with one attached hydrogen (secondary N) is 2. The number of benzene rings is 2. The smallest absolute Gasteiger partial charge is 0.355 e. The first-order valence-electron chi connectivity index (χ1n) is 10.4. The van der Waals surface area contributed by atoms with Crippen molar-refractivity contribution in [3.05, 3.63) is 58.1 Å². The lowest BCUT2D eigenvalue weighted by Crippen LogP contribution is -2.23. The molecule has 0 aliphatic heterocycles. The maximum Gasteiger partial charge on any atom is 0.355 e. The lowest BCUT2D eigenvalue weighted by Gasteiger charge is -2.19. The molecule has 0 spiro atoms. The van der Waals surface area contributed by atoms with Gasteiger partial charge in [-0.25, -0.2) is 13.7 Å². The van der Waals surface area contributed by atoms with Crippen LogP contribution < -0.4 is 10.0 Å². The van der Waals surface area contributed by atoms with Crippen molar-refractivity contribution in [2.75, 3.05) is 5.32 Å². The molecular formula is C23H26N4O3S. The minimum atomic E-state index is -3.56. The van der Waals surface area contributed by atoms with Crippen molar-refractivity contribution in [1.82, 2.24) is 4.72 Å². The van der Waals surface area contributed by atoms with Gasteiger partial charge in [-0.3, -0.25) is 0 Å². The van der Waals surface area contributed by atoms with Crippen LogP contribution in [-0.2, 0) is 41.2 Å². The van der Waals surface area contributed by atoms with Gasteiger partial charge < -0.3 is 10.4 Å². The fourth-order valence-electron chi connectivity index (χ4n) is 4.46. The van der Waals surface area contributed by atoms with Crippen LogP contribution >= 0.6 is 0 Å². The van der Waals surface area contributed by atoms with E-state index in [9.17, 15) is 14.1 Å². The molecule has 8 heteroatoms. The molecule has 3 N–H and O–H groups in total.